The summed E-state index contributed by atoms with van der Waals surface area (Å²) in [6, 6.07) is 8.98. The Bertz CT molecular complexity index is 661. The fraction of sp³-hybridized carbons (Fsp3) is 0.412. The summed E-state index contributed by atoms with van der Waals surface area (Å²) in [6.07, 6.45) is 3.83. The van der Waals surface area contributed by atoms with Gasteiger partial charge in [0.15, 0.2) is 0 Å². The second kappa shape index (κ2) is 6.04. The SMILES string of the molecule is O=C(N[C@H]1CN2CCC1CC2)c1ccc(Oc2ccon2)cc1. The number of rotatable bonds is 4. The first kappa shape index (κ1) is 14.3. The lowest BCUT2D eigenvalue weighted by Gasteiger charge is -2.44. The van der Waals surface area contributed by atoms with Gasteiger partial charge in [-0.1, -0.05) is 0 Å². The van der Waals surface area contributed by atoms with E-state index in [4.69, 9.17) is 9.26 Å². The highest BCUT2D eigenvalue weighted by Crippen LogP contribution is 2.27. The normalized spacial score (nSPS) is 26.0. The van der Waals surface area contributed by atoms with Gasteiger partial charge in [0.05, 0.1) is 0 Å². The third-order valence-corrected chi connectivity index (χ3v) is 4.73. The molecule has 2 aromatic rings. The van der Waals surface area contributed by atoms with Crippen LogP contribution in [-0.4, -0.2) is 41.6 Å². The molecule has 23 heavy (non-hydrogen) atoms. The number of nitrogens with one attached hydrogen (secondary N) is 1. The van der Waals surface area contributed by atoms with E-state index in [1.165, 1.54) is 32.2 Å². The highest BCUT2D eigenvalue weighted by atomic mass is 16.5. The van der Waals surface area contributed by atoms with Gasteiger partial charge in [0.1, 0.15) is 12.0 Å². The zero-order chi connectivity index (χ0) is 15.6. The minimum atomic E-state index is -0.0169. The van der Waals surface area contributed by atoms with Crippen LogP contribution in [0, 0.1) is 5.92 Å². The molecule has 3 fully saturated rings. The predicted molar refractivity (Wildman–Crippen MR) is 83.4 cm³/mol. The molecular formula is C17H19N3O3. The number of nitrogens with zero attached hydrogens (tertiary/aromatic N) is 2. The van der Waals surface area contributed by atoms with E-state index in [9.17, 15) is 4.79 Å². The van der Waals surface area contributed by atoms with E-state index >= 15 is 0 Å². The molecule has 1 atom stereocenters. The summed E-state index contributed by atoms with van der Waals surface area (Å²) in [4.78, 5) is 14.9. The third-order valence-electron chi connectivity index (χ3n) is 4.73. The fourth-order valence-corrected chi connectivity index (χ4v) is 3.43. The largest absolute Gasteiger partial charge is 0.436 e. The molecule has 0 radical (unpaired) electrons. The van der Waals surface area contributed by atoms with Crippen LogP contribution < -0.4 is 10.1 Å². The van der Waals surface area contributed by atoms with Crippen LogP contribution in [0.5, 0.6) is 11.6 Å². The van der Waals surface area contributed by atoms with Crippen LogP contribution in [0.1, 0.15) is 23.2 Å². The van der Waals surface area contributed by atoms with Gasteiger partial charge in [0.25, 0.3) is 11.8 Å². The molecule has 0 aliphatic carbocycles. The van der Waals surface area contributed by atoms with Gasteiger partial charge in [0.2, 0.25) is 0 Å². The van der Waals surface area contributed by atoms with Crippen LogP contribution in [0.4, 0.5) is 0 Å². The average Bonchev–Trinajstić information content (AvgIpc) is 3.09. The van der Waals surface area contributed by atoms with E-state index in [0.717, 1.165) is 6.54 Å². The molecular weight excluding hydrogens is 294 g/mol. The lowest BCUT2D eigenvalue weighted by atomic mass is 9.84. The van der Waals surface area contributed by atoms with E-state index < -0.39 is 0 Å². The van der Waals surface area contributed by atoms with Crippen LogP contribution in [0.15, 0.2) is 41.1 Å². The lowest BCUT2D eigenvalue weighted by molar-refractivity contribution is 0.0620. The number of ether oxygens (including phenoxy) is 1. The van der Waals surface area contributed by atoms with Crippen molar-refractivity contribution >= 4 is 5.91 Å². The van der Waals surface area contributed by atoms with Crippen LogP contribution >= 0.6 is 0 Å². The second-order valence-corrected chi connectivity index (χ2v) is 6.18. The van der Waals surface area contributed by atoms with E-state index in [1.807, 2.05) is 0 Å². The summed E-state index contributed by atoms with van der Waals surface area (Å²) in [7, 11) is 0. The van der Waals surface area contributed by atoms with Crippen molar-refractivity contribution in [3.63, 3.8) is 0 Å². The van der Waals surface area contributed by atoms with Gasteiger partial charge >= 0.3 is 0 Å². The molecule has 3 aliphatic heterocycles. The first-order valence-corrected chi connectivity index (χ1v) is 7.99. The van der Waals surface area contributed by atoms with E-state index in [2.05, 4.69) is 15.4 Å². The van der Waals surface area contributed by atoms with Crippen molar-refractivity contribution in [3.8, 4) is 11.6 Å². The Kier molecular flexibility index (Phi) is 3.75. The number of amides is 1. The molecule has 4 heterocycles. The summed E-state index contributed by atoms with van der Waals surface area (Å²) >= 11 is 0. The molecule has 1 N–H and O–H groups in total. The van der Waals surface area contributed by atoms with Crippen molar-refractivity contribution in [2.75, 3.05) is 19.6 Å². The number of carbonyl (C=O) groups excluding carboxylic acids is 1. The molecule has 6 heteroatoms. The first-order valence-electron chi connectivity index (χ1n) is 7.99. The minimum absolute atomic E-state index is 0.0169. The van der Waals surface area contributed by atoms with Crippen molar-refractivity contribution in [1.29, 1.82) is 0 Å². The summed E-state index contributed by atoms with van der Waals surface area (Å²) in [5.41, 5.74) is 0.647. The Morgan fingerprint density at radius 3 is 2.61 bits per heavy atom. The van der Waals surface area contributed by atoms with E-state index in [1.54, 1.807) is 30.3 Å². The minimum Gasteiger partial charge on any atom is -0.436 e. The number of hydrogen-bond acceptors (Lipinski definition) is 5. The molecule has 1 aromatic carbocycles. The molecule has 2 bridgehead atoms. The van der Waals surface area contributed by atoms with Crippen LogP contribution in [0.3, 0.4) is 0 Å². The van der Waals surface area contributed by atoms with Gasteiger partial charge < -0.3 is 19.5 Å². The Hall–Kier alpha value is -2.34. The van der Waals surface area contributed by atoms with E-state index in [0.29, 0.717) is 23.1 Å². The van der Waals surface area contributed by atoms with E-state index in [-0.39, 0.29) is 11.9 Å². The molecule has 3 aliphatic rings. The van der Waals surface area contributed by atoms with Crippen molar-refractivity contribution < 1.29 is 14.1 Å². The third kappa shape index (κ3) is 3.07. The van der Waals surface area contributed by atoms with Gasteiger partial charge in [-0.05, 0) is 61.3 Å². The van der Waals surface area contributed by atoms with Crippen molar-refractivity contribution in [2.24, 2.45) is 5.92 Å². The lowest BCUT2D eigenvalue weighted by Crippen LogP contribution is -2.57. The summed E-state index contributed by atoms with van der Waals surface area (Å²) in [5, 5.41) is 6.87. The Balaban J connectivity index is 1.38. The summed E-state index contributed by atoms with van der Waals surface area (Å²) in [5.74, 6) is 1.63. The standard InChI is InChI=1S/C17H19N3O3/c21-17(18-15-11-20-8-5-12(15)6-9-20)13-1-3-14(4-2-13)23-16-7-10-22-19-16/h1-4,7,10,12,15H,5-6,8-9,11H2,(H,18,21)/t15-/m0/s1. The molecule has 3 saturated heterocycles. The quantitative estimate of drug-likeness (QED) is 0.938. The Labute approximate surface area is 134 Å². The molecule has 0 spiro atoms. The Morgan fingerprint density at radius 2 is 2.00 bits per heavy atom. The zero-order valence-corrected chi connectivity index (χ0v) is 12.8. The Morgan fingerprint density at radius 1 is 1.22 bits per heavy atom. The predicted octanol–water partition coefficient (Wildman–Crippen LogP) is 2.29. The van der Waals surface area contributed by atoms with Gasteiger partial charge in [0, 0.05) is 24.2 Å². The number of aromatic nitrogens is 1. The number of hydrogen-bond donors (Lipinski definition) is 1. The van der Waals surface area contributed by atoms with Gasteiger partial charge in [-0.3, -0.25) is 4.79 Å². The van der Waals surface area contributed by atoms with Gasteiger partial charge in [-0.15, -0.1) is 0 Å². The highest BCUT2D eigenvalue weighted by molar-refractivity contribution is 5.94. The van der Waals surface area contributed by atoms with Gasteiger partial charge in [-0.25, -0.2) is 0 Å². The fourth-order valence-electron chi connectivity index (χ4n) is 3.43. The maximum atomic E-state index is 12.4. The van der Waals surface area contributed by atoms with Gasteiger partial charge in [-0.2, -0.15) is 0 Å². The monoisotopic (exact) mass is 313 g/mol. The maximum Gasteiger partial charge on any atom is 0.259 e. The molecule has 0 saturated carbocycles. The van der Waals surface area contributed by atoms with Crippen LogP contribution in [0.2, 0.25) is 0 Å². The number of piperidine rings is 3. The molecule has 1 amide bonds. The highest BCUT2D eigenvalue weighted by Gasteiger charge is 2.34. The topological polar surface area (TPSA) is 67.6 Å². The second-order valence-electron chi connectivity index (χ2n) is 6.18. The zero-order valence-electron chi connectivity index (χ0n) is 12.8. The number of carbonyl (C=O) groups is 1. The molecule has 6 nitrogen and oxygen atoms in total. The first-order chi connectivity index (χ1) is 11.3. The molecule has 1 aromatic heterocycles. The summed E-state index contributed by atoms with van der Waals surface area (Å²) < 4.78 is 10.2. The molecule has 0 unspecified atom stereocenters. The van der Waals surface area contributed by atoms with Crippen LogP contribution in [0.25, 0.3) is 0 Å². The number of benzene rings is 1. The van der Waals surface area contributed by atoms with Crippen molar-refractivity contribution in [3.05, 3.63) is 42.2 Å². The number of fused-ring (bicyclic) bond motifs is 3. The van der Waals surface area contributed by atoms with Crippen molar-refractivity contribution in [1.82, 2.24) is 15.4 Å². The van der Waals surface area contributed by atoms with Crippen LogP contribution in [-0.2, 0) is 0 Å². The summed E-state index contributed by atoms with van der Waals surface area (Å²) in [6.45, 7) is 3.32. The smallest absolute Gasteiger partial charge is 0.259 e. The average molecular weight is 313 g/mol. The molecule has 120 valence electrons. The maximum absolute atomic E-state index is 12.4. The van der Waals surface area contributed by atoms with Crippen molar-refractivity contribution in [2.45, 2.75) is 18.9 Å². The molecule has 5 rings (SSSR count).